The van der Waals surface area contributed by atoms with Crippen molar-refractivity contribution in [3.8, 4) is 39.9 Å². The number of aromatic nitrogens is 8. The van der Waals surface area contributed by atoms with E-state index < -0.39 is 0 Å². The molecule has 0 unspecified atom stereocenters. The number of imidazole rings is 1. The van der Waals surface area contributed by atoms with Gasteiger partial charge in [0, 0.05) is 81.5 Å². The summed E-state index contributed by atoms with van der Waals surface area (Å²) in [5.41, 5.74) is 11.4. The molecule has 0 bridgehead atoms. The van der Waals surface area contributed by atoms with Gasteiger partial charge < -0.3 is 0 Å². The molecule has 0 N–H and O–H groups in total. The minimum atomic E-state index is -0.158. The molecule has 11 heteroatoms. The van der Waals surface area contributed by atoms with Crippen molar-refractivity contribution in [1.82, 2.24) is 39.5 Å². The zero-order valence-corrected chi connectivity index (χ0v) is 36.5. The first kappa shape index (κ1) is 42.1. The Morgan fingerprint density at radius 3 is 1.35 bits per heavy atom. The number of ketones is 2. The number of hydrogen-bond donors (Lipinski definition) is 0. The van der Waals surface area contributed by atoms with Crippen molar-refractivity contribution in [3.63, 3.8) is 0 Å². The van der Waals surface area contributed by atoms with Crippen molar-refractivity contribution in [2.75, 3.05) is 0 Å². The maximum absolute atomic E-state index is 13.6. The number of nitrogens with zero attached hydrogens (tertiary/aromatic N) is 8. The SMILES string of the molecule is Cc1ccc(-n2c(-c3ccc4c(c3)C(=O)c3ccccc3C4=O)nc3c4cccnc4c4ncccc4c32)cc1.[Ru+6].c1ccc(-c2ccccn2)nc1.c1ccc(-c2ccccn2)nc1. The summed E-state index contributed by atoms with van der Waals surface area (Å²) in [4.78, 5) is 58.1. The van der Waals surface area contributed by atoms with Gasteiger partial charge in [-0.2, -0.15) is 0 Å². The Labute approximate surface area is 386 Å². The van der Waals surface area contributed by atoms with Crippen molar-refractivity contribution in [2.24, 2.45) is 0 Å². The molecule has 0 saturated carbocycles. The molecule has 0 atom stereocenters. The summed E-state index contributed by atoms with van der Waals surface area (Å²) in [5.74, 6) is 0.370. The molecule has 0 saturated heterocycles. The van der Waals surface area contributed by atoms with Crippen LogP contribution in [0.4, 0.5) is 0 Å². The van der Waals surface area contributed by atoms with Crippen LogP contribution < -0.4 is 0 Å². The minimum Gasteiger partial charge on any atom is -0.292 e. The van der Waals surface area contributed by atoms with Crippen LogP contribution in [0.2, 0.25) is 0 Å². The number of benzene rings is 4. The van der Waals surface area contributed by atoms with Crippen LogP contribution >= 0.6 is 0 Å². The van der Waals surface area contributed by atoms with Crippen LogP contribution in [-0.2, 0) is 19.5 Å². The van der Waals surface area contributed by atoms with E-state index in [1.165, 1.54) is 0 Å². The van der Waals surface area contributed by atoms with E-state index in [0.717, 1.165) is 72.4 Å². The monoisotopic (exact) mass is 930 g/mol. The van der Waals surface area contributed by atoms with Crippen LogP contribution in [0.1, 0.15) is 37.4 Å². The van der Waals surface area contributed by atoms with Gasteiger partial charge in [0.15, 0.2) is 11.6 Å². The van der Waals surface area contributed by atoms with Crippen LogP contribution in [0.5, 0.6) is 0 Å². The molecule has 10 nitrogen and oxygen atoms in total. The molecule has 1 aliphatic rings. The summed E-state index contributed by atoms with van der Waals surface area (Å²) >= 11 is 0. The second-order valence-electron chi connectivity index (χ2n) is 14.9. The Bertz CT molecular complexity index is 3330. The summed E-state index contributed by atoms with van der Waals surface area (Å²) in [6.45, 7) is 2.05. The topological polar surface area (TPSA) is 129 Å². The van der Waals surface area contributed by atoms with Crippen LogP contribution in [-0.4, -0.2) is 51.0 Å². The molecule has 11 aromatic rings. The number of rotatable bonds is 4. The van der Waals surface area contributed by atoms with E-state index in [9.17, 15) is 9.59 Å². The van der Waals surface area contributed by atoms with Crippen LogP contribution in [0.25, 0.3) is 72.7 Å². The molecule has 0 amide bonds. The van der Waals surface area contributed by atoms with Gasteiger partial charge in [0.25, 0.3) is 0 Å². The third kappa shape index (κ3) is 8.24. The number of hydrogen-bond acceptors (Lipinski definition) is 9. The third-order valence-electron chi connectivity index (χ3n) is 10.9. The first-order valence-electron chi connectivity index (χ1n) is 20.6. The molecule has 4 aromatic carbocycles. The fourth-order valence-electron chi connectivity index (χ4n) is 7.86. The van der Waals surface area contributed by atoms with Crippen molar-refractivity contribution in [1.29, 1.82) is 0 Å². The van der Waals surface area contributed by atoms with Crippen molar-refractivity contribution in [2.45, 2.75) is 6.92 Å². The first-order chi connectivity index (χ1) is 31.5. The summed E-state index contributed by atoms with van der Waals surface area (Å²) in [6.07, 6.45) is 10.6. The van der Waals surface area contributed by atoms with Gasteiger partial charge >= 0.3 is 19.5 Å². The number of fused-ring (bicyclic) bond motifs is 8. The largest absolute Gasteiger partial charge is 6.00 e. The fourth-order valence-corrected chi connectivity index (χ4v) is 7.86. The number of carbonyl (C=O) groups excluding carboxylic acids is 2. The normalized spacial score (nSPS) is 11.4. The standard InChI is InChI=1S/C34H20N4O2.2C10H8N2.Ru/c1-19-10-13-21(14-11-19)38-31-26-9-5-17-36-29(26)28-25(8-4-16-35-28)30(31)37-34(38)20-12-15-24-27(18-20)33(40)23-7-3-2-6-22(23)32(24)39;2*1-3-7-11-9(5-1)10-6-2-4-8-12-10;/h2-18H,1H3;2*1-8H;/q;;;+6. The smallest absolute Gasteiger partial charge is 0.292 e. The molecule has 65 heavy (non-hydrogen) atoms. The van der Waals surface area contributed by atoms with Gasteiger partial charge in [0.2, 0.25) is 0 Å². The average Bonchev–Trinajstić information content (AvgIpc) is 3.79. The third-order valence-corrected chi connectivity index (χ3v) is 10.9. The maximum Gasteiger partial charge on any atom is 6.00 e. The number of carbonyl (C=O) groups is 2. The molecule has 0 spiro atoms. The Morgan fingerprint density at radius 1 is 0.400 bits per heavy atom. The van der Waals surface area contributed by atoms with E-state index >= 15 is 0 Å². The van der Waals surface area contributed by atoms with Crippen LogP contribution in [0, 0.1) is 6.92 Å². The van der Waals surface area contributed by atoms with Crippen molar-refractivity contribution >= 4 is 44.4 Å². The second-order valence-corrected chi connectivity index (χ2v) is 14.9. The molecule has 12 rings (SSSR count). The minimum absolute atomic E-state index is 0. The van der Waals surface area contributed by atoms with E-state index in [-0.39, 0.29) is 31.0 Å². The molecule has 0 fully saturated rings. The summed E-state index contributed by atoms with van der Waals surface area (Å²) in [5, 5.41) is 1.83. The summed E-state index contributed by atoms with van der Waals surface area (Å²) in [6, 6.07) is 51.8. The summed E-state index contributed by atoms with van der Waals surface area (Å²) < 4.78 is 2.12. The molecule has 7 aromatic heterocycles. The Kier molecular flexibility index (Phi) is 12.0. The second kappa shape index (κ2) is 18.6. The van der Waals surface area contributed by atoms with E-state index in [2.05, 4.69) is 60.7 Å². The Hall–Kier alpha value is -8.27. The van der Waals surface area contributed by atoms with Crippen molar-refractivity contribution in [3.05, 3.63) is 229 Å². The molecule has 1 aliphatic carbocycles. The number of pyridine rings is 6. The van der Waals surface area contributed by atoms with Crippen molar-refractivity contribution < 1.29 is 29.1 Å². The average molecular weight is 930 g/mol. The van der Waals surface area contributed by atoms with Gasteiger partial charge in [-0.05, 0) is 104 Å². The van der Waals surface area contributed by atoms with Gasteiger partial charge in [-0.15, -0.1) is 0 Å². The molecular formula is C54H36N8O2Ru+6. The zero-order chi connectivity index (χ0) is 43.4. The first-order valence-corrected chi connectivity index (χ1v) is 20.6. The molecule has 0 aliphatic heterocycles. The Morgan fingerprint density at radius 2 is 0.846 bits per heavy atom. The number of aryl methyl sites for hydroxylation is 1. The Balaban J connectivity index is 0.000000173. The van der Waals surface area contributed by atoms with E-state index in [0.29, 0.717) is 28.1 Å². The predicted octanol–water partition coefficient (Wildman–Crippen LogP) is 11.2. The van der Waals surface area contributed by atoms with Gasteiger partial charge in [-0.25, -0.2) is 4.98 Å². The summed E-state index contributed by atoms with van der Waals surface area (Å²) in [7, 11) is 0. The predicted molar refractivity (Wildman–Crippen MR) is 250 cm³/mol. The fraction of sp³-hybridized carbons (Fsp3) is 0.0185. The molecule has 7 heterocycles. The van der Waals surface area contributed by atoms with Gasteiger partial charge in [0.05, 0.1) is 44.8 Å². The molecular weight excluding hydrogens is 894 g/mol. The van der Waals surface area contributed by atoms with E-state index in [1.807, 2.05) is 103 Å². The molecule has 0 radical (unpaired) electrons. The van der Waals surface area contributed by atoms with Crippen LogP contribution in [0.15, 0.2) is 201 Å². The van der Waals surface area contributed by atoms with Gasteiger partial charge in [-0.1, -0.05) is 72.3 Å². The molecule has 306 valence electrons. The van der Waals surface area contributed by atoms with E-state index in [1.54, 1.807) is 73.6 Å². The van der Waals surface area contributed by atoms with Gasteiger partial charge in [0.1, 0.15) is 5.82 Å². The maximum atomic E-state index is 13.6. The van der Waals surface area contributed by atoms with Crippen LogP contribution in [0.3, 0.4) is 0 Å². The van der Waals surface area contributed by atoms with Gasteiger partial charge in [-0.3, -0.25) is 44.1 Å². The van der Waals surface area contributed by atoms with E-state index in [4.69, 9.17) is 9.97 Å². The zero-order valence-electron chi connectivity index (χ0n) is 34.8. The quantitative estimate of drug-likeness (QED) is 0.125.